The van der Waals surface area contributed by atoms with Crippen molar-refractivity contribution in [3.63, 3.8) is 0 Å². The van der Waals surface area contributed by atoms with Crippen LogP contribution in [-0.2, 0) is 52.2 Å². The van der Waals surface area contributed by atoms with E-state index in [1.807, 2.05) is 0 Å². The van der Waals surface area contributed by atoms with Crippen LogP contribution >= 0.6 is 0 Å². The van der Waals surface area contributed by atoms with Gasteiger partial charge in [-0.05, 0) is 30.7 Å². The number of nitrogens with one attached hydrogen (secondary N) is 2. The quantitative estimate of drug-likeness (QED) is 0.0775. The molecule has 1 unspecified atom stereocenters. The van der Waals surface area contributed by atoms with Crippen LogP contribution in [0.5, 0.6) is 0 Å². The largest absolute Gasteiger partial charge is 0.382 e. The minimum absolute atomic E-state index is 0.0598. The number of carbonyl (C=O) groups is 6. The Morgan fingerprint density at radius 1 is 0.500 bits per heavy atom. The molecule has 0 radical (unpaired) electrons. The third kappa shape index (κ3) is 13.9. The van der Waals surface area contributed by atoms with Crippen LogP contribution in [0, 0.1) is 0 Å². The number of nitrogens with zero attached hydrogens (tertiary/aromatic N) is 2. The Bertz CT molecular complexity index is 1710. The van der Waals surface area contributed by atoms with Gasteiger partial charge in [-0.1, -0.05) is 18.2 Å². The Labute approximate surface area is 348 Å². The van der Waals surface area contributed by atoms with Crippen LogP contribution in [0.4, 0.5) is 5.69 Å². The molecule has 6 amide bonds. The van der Waals surface area contributed by atoms with Crippen molar-refractivity contribution in [3.05, 3.63) is 64.7 Å². The monoisotopic (exact) mass is 842 g/mol. The summed E-state index contributed by atoms with van der Waals surface area (Å²) in [5.74, 6) is -2.77. The van der Waals surface area contributed by atoms with Crippen molar-refractivity contribution in [1.82, 2.24) is 15.1 Å². The summed E-state index contributed by atoms with van der Waals surface area (Å²) < 4.78 is 49.5. The second-order valence-electron chi connectivity index (χ2n) is 13.4. The maximum absolute atomic E-state index is 13.2. The number of imide groups is 3. The first-order valence-electron chi connectivity index (χ1n) is 20.1. The summed E-state index contributed by atoms with van der Waals surface area (Å²) in [5.41, 5.74) is 1.75. The Morgan fingerprint density at radius 2 is 0.933 bits per heavy atom. The number of rotatable bonds is 32. The molecule has 0 bridgehead atoms. The summed E-state index contributed by atoms with van der Waals surface area (Å²) in [4.78, 5) is 76.8. The number of hydrogen-bond donors (Lipinski definition) is 2. The standard InChI is InChI=1S/C41H54N4O15/c46-35-9-8-34(37(47)43-35)45-40(50)32-6-3-7-33(36(32)41(45)51)42-10-12-52-14-16-54-18-20-56-22-24-58-26-28-60-29-27-59-25-23-57-21-19-55-17-15-53-13-11-44-38(48)30-4-1-2-5-31(30)39(44)49/h1-7,34,42H,8-29H2,(H,43,46,47). The molecule has 2 aromatic rings. The van der Waals surface area contributed by atoms with Gasteiger partial charge in [0.1, 0.15) is 6.04 Å². The van der Waals surface area contributed by atoms with Gasteiger partial charge in [0.05, 0.1) is 148 Å². The lowest BCUT2D eigenvalue weighted by Crippen LogP contribution is -2.54. The zero-order valence-electron chi connectivity index (χ0n) is 33.7. The molecule has 0 aromatic heterocycles. The SMILES string of the molecule is O=C1CCC(N2C(=O)c3cccc(NCCOCCOCCOCCOCCOCCOCCOCCOCCOCCN4C(=O)c5ccccc5C4=O)c3C2=O)C(=O)N1. The molecule has 3 aliphatic rings. The number of piperidine rings is 1. The summed E-state index contributed by atoms with van der Waals surface area (Å²) in [7, 11) is 0. The third-order valence-electron chi connectivity index (χ3n) is 9.34. The molecule has 0 aliphatic carbocycles. The Hall–Kier alpha value is -4.70. The molecule has 2 aromatic carbocycles. The highest BCUT2D eigenvalue weighted by molar-refractivity contribution is 6.25. The van der Waals surface area contributed by atoms with Crippen LogP contribution in [0.3, 0.4) is 0 Å². The molecule has 2 N–H and O–H groups in total. The summed E-state index contributed by atoms with van der Waals surface area (Å²) in [6.45, 7) is 7.77. The van der Waals surface area contributed by atoms with E-state index >= 15 is 0 Å². The van der Waals surface area contributed by atoms with E-state index in [-0.39, 0.29) is 48.9 Å². The zero-order valence-corrected chi connectivity index (χ0v) is 33.7. The predicted octanol–water partition coefficient (Wildman–Crippen LogP) is 0.945. The summed E-state index contributed by atoms with van der Waals surface area (Å²) in [5, 5.41) is 5.32. The number of benzene rings is 2. The Balaban J connectivity index is 0.721. The molecule has 19 nitrogen and oxygen atoms in total. The van der Waals surface area contributed by atoms with E-state index in [2.05, 4.69) is 10.6 Å². The molecule has 328 valence electrons. The third-order valence-corrected chi connectivity index (χ3v) is 9.34. The fourth-order valence-electron chi connectivity index (χ4n) is 6.38. The number of ether oxygens (including phenoxy) is 9. The van der Waals surface area contributed by atoms with E-state index in [1.165, 1.54) is 4.90 Å². The summed E-state index contributed by atoms with van der Waals surface area (Å²) >= 11 is 0. The van der Waals surface area contributed by atoms with Crippen molar-refractivity contribution >= 4 is 41.1 Å². The van der Waals surface area contributed by atoms with Gasteiger partial charge in [-0.15, -0.1) is 0 Å². The first-order valence-corrected chi connectivity index (χ1v) is 20.1. The van der Waals surface area contributed by atoms with Crippen LogP contribution in [-0.4, -0.2) is 183 Å². The van der Waals surface area contributed by atoms with Gasteiger partial charge in [0.15, 0.2) is 0 Å². The number of hydrogen-bond acceptors (Lipinski definition) is 16. The van der Waals surface area contributed by atoms with Gasteiger partial charge >= 0.3 is 0 Å². The molecule has 1 saturated heterocycles. The van der Waals surface area contributed by atoms with E-state index in [0.717, 1.165) is 4.90 Å². The topological polar surface area (TPSA) is 216 Å². The second-order valence-corrected chi connectivity index (χ2v) is 13.4. The van der Waals surface area contributed by atoms with Crippen molar-refractivity contribution in [2.45, 2.75) is 18.9 Å². The predicted molar refractivity (Wildman–Crippen MR) is 211 cm³/mol. The average Bonchev–Trinajstić information content (AvgIpc) is 3.65. The maximum atomic E-state index is 13.2. The van der Waals surface area contributed by atoms with Gasteiger partial charge in [-0.25, -0.2) is 0 Å². The van der Waals surface area contributed by atoms with E-state index in [4.69, 9.17) is 42.6 Å². The van der Waals surface area contributed by atoms with Gasteiger partial charge in [0, 0.05) is 18.7 Å². The molecule has 19 heteroatoms. The molecule has 3 heterocycles. The van der Waals surface area contributed by atoms with Crippen molar-refractivity contribution < 1.29 is 71.4 Å². The van der Waals surface area contributed by atoms with Crippen molar-refractivity contribution in [3.8, 4) is 0 Å². The van der Waals surface area contributed by atoms with E-state index in [0.29, 0.717) is 136 Å². The van der Waals surface area contributed by atoms with Gasteiger partial charge in [-0.2, -0.15) is 0 Å². The van der Waals surface area contributed by atoms with Crippen molar-refractivity contribution in [2.75, 3.05) is 137 Å². The lowest BCUT2D eigenvalue weighted by atomic mass is 10.0. The van der Waals surface area contributed by atoms with E-state index < -0.39 is 29.7 Å². The minimum Gasteiger partial charge on any atom is -0.382 e. The number of anilines is 1. The fourth-order valence-corrected chi connectivity index (χ4v) is 6.38. The summed E-state index contributed by atoms with van der Waals surface area (Å²) in [6.07, 6.45) is 0.157. The minimum atomic E-state index is -1.02. The molecule has 5 rings (SSSR count). The highest BCUT2D eigenvalue weighted by Crippen LogP contribution is 2.32. The number of amides is 6. The van der Waals surface area contributed by atoms with Gasteiger partial charge in [-0.3, -0.25) is 43.9 Å². The number of carbonyl (C=O) groups excluding carboxylic acids is 6. The fraction of sp³-hybridized carbons (Fsp3) is 0.561. The molecular weight excluding hydrogens is 788 g/mol. The summed E-state index contributed by atoms with van der Waals surface area (Å²) in [6, 6.07) is 10.7. The normalized spacial score (nSPS) is 16.2. The van der Waals surface area contributed by atoms with E-state index in [9.17, 15) is 28.8 Å². The van der Waals surface area contributed by atoms with Gasteiger partial charge < -0.3 is 47.9 Å². The second kappa shape index (κ2) is 25.8. The molecule has 1 atom stereocenters. The van der Waals surface area contributed by atoms with Crippen LogP contribution in [0.2, 0.25) is 0 Å². The average molecular weight is 843 g/mol. The molecule has 60 heavy (non-hydrogen) atoms. The molecule has 0 spiro atoms. The van der Waals surface area contributed by atoms with Crippen molar-refractivity contribution in [1.29, 1.82) is 0 Å². The van der Waals surface area contributed by atoms with Crippen molar-refractivity contribution in [2.24, 2.45) is 0 Å². The Morgan fingerprint density at radius 3 is 1.40 bits per heavy atom. The smallest absolute Gasteiger partial charge is 0.264 e. The van der Waals surface area contributed by atoms with Gasteiger partial charge in [0.25, 0.3) is 23.6 Å². The first-order chi connectivity index (χ1) is 29.4. The Kier molecular flexibility index (Phi) is 20.0. The lowest BCUT2D eigenvalue weighted by Gasteiger charge is -2.27. The molecule has 1 fully saturated rings. The maximum Gasteiger partial charge on any atom is 0.264 e. The zero-order chi connectivity index (χ0) is 42.4. The molecule has 0 saturated carbocycles. The van der Waals surface area contributed by atoms with Crippen LogP contribution in [0.1, 0.15) is 54.3 Å². The molecular formula is C41H54N4O15. The van der Waals surface area contributed by atoms with E-state index in [1.54, 1.807) is 42.5 Å². The highest BCUT2D eigenvalue weighted by Gasteiger charge is 2.45. The van der Waals surface area contributed by atoms with Crippen LogP contribution in [0.15, 0.2) is 42.5 Å². The van der Waals surface area contributed by atoms with Crippen LogP contribution < -0.4 is 10.6 Å². The first kappa shape index (κ1) is 46.4. The van der Waals surface area contributed by atoms with Crippen LogP contribution in [0.25, 0.3) is 0 Å². The molecule has 3 aliphatic heterocycles. The lowest BCUT2D eigenvalue weighted by molar-refractivity contribution is -0.136. The highest BCUT2D eigenvalue weighted by atomic mass is 16.6. The van der Waals surface area contributed by atoms with Gasteiger partial charge in [0.2, 0.25) is 11.8 Å². The number of fused-ring (bicyclic) bond motifs is 2.